The summed E-state index contributed by atoms with van der Waals surface area (Å²) in [5.41, 5.74) is 1.07. The number of ether oxygens (including phenoxy) is 1. The minimum atomic E-state index is -1.27. The van der Waals surface area contributed by atoms with Crippen LogP contribution in [0.5, 0.6) is 0 Å². The predicted molar refractivity (Wildman–Crippen MR) is 97.0 cm³/mol. The molecule has 2 fully saturated rings. The van der Waals surface area contributed by atoms with Crippen LogP contribution in [0, 0.1) is 0 Å². The molecule has 0 bridgehead atoms. The van der Waals surface area contributed by atoms with Crippen molar-refractivity contribution in [3.63, 3.8) is 0 Å². The number of carbonyl (C=O) groups is 1. The summed E-state index contributed by atoms with van der Waals surface area (Å²) >= 11 is 0. The van der Waals surface area contributed by atoms with Gasteiger partial charge < -0.3 is 20.3 Å². The molecule has 146 valence electrons. The summed E-state index contributed by atoms with van der Waals surface area (Å²) in [7, 11) is 0. The molecule has 4 atom stereocenters. The number of ketones is 1. The first-order chi connectivity index (χ1) is 13.1. The fourth-order valence-electron chi connectivity index (χ4n) is 3.95. The van der Waals surface area contributed by atoms with E-state index in [2.05, 4.69) is 20.3 Å². The number of Topliss-reactive ketones (excluding diaryl/α,β-unsaturated/α-hetero) is 1. The number of rotatable bonds is 6. The van der Waals surface area contributed by atoms with Crippen LogP contribution in [0.2, 0.25) is 0 Å². The molecule has 9 heteroatoms. The van der Waals surface area contributed by atoms with Gasteiger partial charge in [-0.2, -0.15) is 0 Å². The highest BCUT2D eigenvalue weighted by Gasteiger charge is 2.47. The number of hydrogen-bond acceptors (Lipinski definition) is 8. The molecule has 1 saturated carbocycles. The maximum Gasteiger partial charge on any atom is 0.167 e. The van der Waals surface area contributed by atoms with Crippen molar-refractivity contribution in [2.45, 2.75) is 76.0 Å². The third-order valence-corrected chi connectivity index (χ3v) is 5.38. The lowest BCUT2D eigenvalue weighted by atomic mass is 10.0. The van der Waals surface area contributed by atoms with Crippen molar-refractivity contribution in [3.05, 3.63) is 12.7 Å². The second kappa shape index (κ2) is 7.49. The van der Waals surface area contributed by atoms with E-state index in [9.17, 15) is 15.0 Å². The van der Waals surface area contributed by atoms with E-state index in [1.54, 1.807) is 4.57 Å². The van der Waals surface area contributed by atoms with E-state index in [-0.39, 0.29) is 5.78 Å². The molecule has 2 aromatic heterocycles. The van der Waals surface area contributed by atoms with Crippen molar-refractivity contribution < 1.29 is 19.7 Å². The van der Waals surface area contributed by atoms with Gasteiger partial charge in [0.15, 0.2) is 29.0 Å². The number of aromatic nitrogens is 4. The fourth-order valence-corrected chi connectivity index (χ4v) is 3.95. The average Bonchev–Trinajstić information content (AvgIpc) is 3.37. The minimum Gasteiger partial charge on any atom is -0.387 e. The summed E-state index contributed by atoms with van der Waals surface area (Å²) < 4.78 is 7.28. The number of aliphatic hydroxyl groups excluding tert-OH is 2. The lowest BCUT2D eigenvalue weighted by Gasteiger charge is -2.17. The van der Waals surface area contributed by atoms with E-state index < -0.39 is 24.5 Å². The monoisotopic (exact) mass is 375 g/mol. The number of anilines is 1. The molecule has 0 amide bonds. The van der Waals surface area contributed by atoms with Crippen LogP contribution in [0.4, 0.5) is 5.82 Å². The molecule has 1 unspecified atom stereocenters. The van der Waals surface area contributed by atoms with E-state index in [1.165, 1.54) is 25.5 Å². The van der Waals surface area contributed by atoms with Crippen molar-refractivity contribution in [2.75, 3.05) is 5.32 Å². The second-order valence-electron chi connectivity index (χ2n) is 7.32. The lowest BCUT2D eigenvalue weighted by molar-refractivity contribution is -0.135. The van der Waals surface area contributed by atoms with Crippen molar-refractivity contribution in [2.24, 2.45) is 0 Å². The first-order valence-corrected chi connectivity index (χ1v) is 9.58. The highest BCUT2D eigenvalue weighted by Crippen LogP contribution is 2.33. The number of nitrogens with zero attached hydrogens (tertiary/aromatic N) is 4. The fraction of sp³-hybridized carbons (Fsp3) is 0.667. The average molecular weight is 375 g/mol. The molecular weight excluding hydrogens is 350 g/mol. The van der Waals surface area contributed by atoms with Crippen LogP contribution in [0.25, 0.3) is 11.2 Å². The number of hydrogen-bond donors (Lipinski definition) is 3. The van der Waals surface area contributed by atoms with Gasteiger partial charge in [-0.25, -0.2) is 15.0 Å². The third kappa shape index (κ3) is 3.30. The normalized spacial score (nSPS) is 28.9. The topological polar surface area (TPSA) is 122 Å². The van der Waals surface area contributed by atoms with E-state index in [4.69, 9.17) is 4.74 Å². The smallest absolute Gasteiger partial charge is 0.167 e. The van der Waals surface area contributed by atoms with Crippen LogP contribution in [0.15, 0.2) is 12.7 Å². The molecule has 1 saturated heterocycles. The Kier molecular flexibility index (Phi) is 5.07. The molecule has 0 aromatic carbocycles. The zero-order valence-corrected chi connectivity index (χ0v) is 15.3. The number of aliphatic hydroxyl groups is 2. The molecule has 0 radical (unpaired) electrons. The van der Waals surface area contributed by atoms with E-state index >= 15 is 0 Å². The quantitative estimate of drug-likeness (QED) is 0.688. The Morgan fingerprint density at radius 3 is 2.78 bits per heavy atom. The van der Waals surface area contributed by atoms with E-state index in [0.717, 1.165) is 12.8 Å². The Balaban J connectivity index is 1.61. The van der Waals surface area contributed by atoms with Crippen molar-refractivity contribution >= 4 is 22.8 Å². The molecule has 3 heterocycles. The first kappa shape index (κ1) is 18.3. The van der Waals surface area contributed by atoms with Crippen molar-refractivity contribution in [1.82, 2.24) is 19.5 Å². The zero-order valence-electron chi connectivity index (χ0n) is 15.3. The molecule has 9 nitrogen and oxygen atoms in total. The summed E-state index contributed by atoms with van der Waals surface area (Å²) in [6.45, 7) is 1.88. The lowest BCUT2D eigenvalue weighted by Crippen LogP contribution is -2.35. The largest absolute Gasteiger partial charge is 0.387 e. The van der Waals surface area contributed by atoms with Gasteiger partial charge in [0.2, 0.25) is 0 Å². The molecular formula is C18H25N5O4. The van der Waals surface area contributed by atoms with Gasteiger partial charge in [0, 0.05) is 12.5 Å². The van der Waals surface area contributed by atoms with Gasteiger partial charge in [-0.3, -0.25) is 9.36 Å². The summed E-state index contributed by atoms with van der Waals surface area (Å²) in [5, 5.41) is 24.1. The van der Waals surface area contributed by atoms with Gasteiger partial charge in [-0.15, -0.1) is 0 Å². The summed E-state index contributed by atoms with van der Waals surface area (Å²) in [4.78, 5) is 25.1. The number of carbonyl (C=O) groups excluding carboxylic acids is 1. The first-order valence-electron chi connectivity index (χ1n) is 9.58. The third-order valence-electron chi connectivity index (χ3n) is 5.38. The number of imidazole rings is 1. The summed E-state index contributed by atoms with van der Waals surface area (Å²) in [6, 6.07) is 0.374. The van der Waals surface area contributed by atoms with Crippen LogP contribution in [-0.2, 0) is 9.53 Å². The number of fused-ring (bicyclic) bond motifs is 1. The predicted octanol–water partition coefficient (Wildman–Crippen LogP) is 1.17. The van der Waals surface area contributed by atoms with Gasteiger partial charge in [-0.1, -0.05) is 19.8 Å². The van der Waals surface area contributed by atoms with Crippen molar-refractivity contribution in [1.29, 1.82) is 0 Å². The Hall–Kier alpha value is -2.10. The second-order valence-corrected chi connectivity index (χ2v) is 7.32. The standard InChI is InChI=1S/C18H25N5O4/c1-2-5-11(24)15-13(25)14(26)18(27-15)23-9-21-12-16(19-8-20-17(12)23)22-10-6-3-4-7-10/h8-10,13-15,18,25-26H,2-7H2,1H3,(H,19,20,22)/t13?,14-,15+,18+/m0/s1. The molecule has 0 spiro atoms. The molecule has 2 aliphatic rings. The Morgan fingerprint density at radius 2 is 2.04 bits per heavy atom. The van der Waals surface area contributed by atoms with Crippen LogP contribution >= 0.6 is 0 Å². The highest BCUT2D eigenvalue weighted by molar-refractivity contribution is 5.84. The van der Waals surface area contributed by atoms with Gasteiger partial charge in [0.25, 0.3) is 0 Å². The van der Waals surface area contributed by atoms with E-state index in [0.29, 0.717) is 35.9 Å². The Labute approximate surface area is 156 Å². The number of nitrogens with one attached hydrogen (secondary N) is 1. The van der Waals surface area contributed by atoms with Crippen LogP contribution in [0.3, 0.4) is 0 Å². The Bertz CT molecular complexity index is 819. The SMILES string of the molecule is CCCC(=O)[C@H]1O[C@@H](n2cnc3c(NC4CCCC4)ncnc32)[C@@H](O)C1O. The molecule has 1 aliphatic heterocycles. The van der Waals surface area contributed by atoms with Gasteiger partial charge in [0.05, 0.1) is 6.33 Å². The van der Waals surface area contributed by atoms with Crippen LogP contribution in [-0.4, -0.2) is 59.9 Å². The Morgan fingerprint density at radius 1 is 1.26 bits per heavy atom. The maximum absolute atomic E-state index is 12.2. The van der Waals surface area contributed by atoms with Gasteiger partial charge in [0.1, 0.15) is 24.6 Å². The maximum atomic E-state index is 12.2. The van der Waals surface area contributed by atoms with Gasteiger partial charge >= 0.3 is 0 Å². The molecule has 1 aliphatic carbocycles. The highest BCUT2D eigenvalue weighted by atomic mass is 16.6. The van der Waals surface area contributed by atoms with E-state index in [1.807, 2.05) is 6.92 Å². The molecule has 3 N–H and O–H groups in total. The summed E-state index contributed by atoms with van der Waals surface area (Å²) in [6.07, 6.45) is 4.02. The van der Waals surface area contributed by atoms with Gasteiger partial charge in [-0.05, 0) is 19.3 Å². The van der Waals surface area contributed by atoms with Crippen LogP contribution < -0.4 is 5.32 Å². The van der Waals surface area contributed by atoms with Crippen LogP contribution in [0.1, 0.15) is 51.7 Å². The summed E-state index contributed by atoms with van der Waals surface area (Å²) in [5.74, 6) is 0.437. The molecule has 4 rings (SSSR count). The zero-order chi connectivity index (χ0) is 19.0. The minimum absolute atomic E-state index is 0.214. The van der Waals surface area contributed by atoms with Crippen molar-refractivity contribution in [3.8, 4) is 0 Å². The molecule has 27 heavy (non-hydrogen) atoms. The molecule has 2 aromatic rings.